The fraction of sp³-hybridized carbons (Fsp3) is 0.346. The van der Waals surface area contributed by atoms with Gasteiger partial charge in [-0.25, -0.2) is 4.98 Å². The second kappa shape index (κ2) is 10.3. The summed E-state index contributed by atoms with van der Waals surface area (Å²) in [5.41, 5.74) is 3.00. The van der Waals surface area contributed by atoms with Crippen molar-refractivity contribution in [2.45, 2.75) is 38.6 Å². The van der Waals surface area contributed by atoms with Gasteiger partial charge in [0.05, 0.1) is 30.3 Å². The van der Waals surface area contributed by atoms with Crippen LogP contribution in [0.2, 0.25) is 0 Å². The number of H-pyrrole nitrogens is 1. The largest absolute Gasteiger partial charge is 0.346 e. The first-order valence-electron chi connectivity index (χ1n) is 11.4. The van der Waals surface area contributed by atoms with Gasteiger partial charge in [0.1, 0.15) is 5.82 Å². The maximum atomic E-state index is 13.1. The Morgan fingerprint density at radius 2 is 1.84 bits per heavy atom. The number of likely N-dealkylation sites (tertiary alicyclic amines) is 1. The van der Waals surface area contributed by atoms with Gasteiger partial charge in [-0.1, -0.05) is 67.6 Å². The number of carbonyl (C=O) groups is 2. The molecule has 1 aliphatic heterocycles. The Balaban J connectivity index is 1.37. The van der Waals surface area contributed by atoms with Crippen LogP contribution in [0.4, 0.5) is 0 Å². The van der Waals surface area contributed by atoms with Gasteiger partial charge in [-0.15, -0.1) is 0 Å². The molecule has 2 aromatic carbocycles. The average molecular weight is 431 g/mol. The molecule has 0 aliphatic carbocycles. The van der Waals surface area contributed by atoms with E-state index in [0.29, 0.717) is 19.5 Å². The van der Waals surface area contributed by atoms with Crippen LogP contribution in [0, 0.1) is 5.92 Å². The van der Waals surface area contributed by atoms with Crippen LogP contribution in [-0.2, 0) is 16.0 Å². The van der Waals surface area contributed by atoms with Crippen LogP contribution in [0.1, 0.15) is 43.6 Å². The minimum atomic E-state index is -0.193. The zero-order valence-corrected chi connectivity index (χ0v) is 18.5. The summed E-state index contributed by atoms with van der Waals surface area (Å²) in [7, 11) is 0. The number of benzene rings is 2. The van der Waals surface area contributed by atoms with Crippen molar-refractivity contribution in [1.82, 2.24) is 20.2 Å². The molecule has 0 spiro atoms. The van der Waals surface area contributed by atoms with E-state index in [2.05, 4.69) is 15.3 Å². The van der Waals surface area contributed by atoms with Gasteiger partial charge in [-0.2, -0.15) is 0 Å². The number of nitrogens with one attached hydrogen (secondary N) is 2. The molecule has 166 valence electrons. The summed E-state index contributed by atoms with van der Waals surface area (Å²) in [6.45, 7) is 3.22. The Morgan fingerprint density at radius 3 is 2.56 bits per heavy atom. The number of rotatable bonds is 7. The Labute approximate surface area is 189 Å². The zero-order valence-electron chi connectivity index (χ0n) is 18.5. The first-order chi connectivity index (χ1) is 15.6. The molecule has 2 atom stereocenters. The Hall–Kier alpha value is -3.41. The number of hydrogen-bond donors (Lipinski definition) is 2. The van der Waals surface area contributed by atoms with Gasteiger partial charge in [0.2, 0.25) is 11.8 Å². The molecule has 1 aromatic heterocycles. The van der Waals surface area contributed by atoms with Crippen molar-refractivity contribution in [1.29, 1.82) is 0 Å². The third-order valence-electron chi connectivity index (χ3n) is 6.08. The number of aromatic amines is 1. The van der Waals surface area contributed by atoms with E-state index in [9.17, 15) is 9.59 Å². The average Bonchev–Trinajstić information content (AvgIpc) is 3.34. The van der Waals surface area contributed by atoms with E-state index in [1.165, 1.54) is 0 Å². The van der Waals surface area contributed by atoms with Crippen molar-refractivity contribution in [3.8, 4) is 11.3 Å². The molecule has 1 saturated heterocycles. The predicted octanol–water partition coefficient (Wildman–Crippen LogP) is 4.13. The van der Waals surface area contributed by atoms with E-state index in [0.717, 1.165) is 41.9 Å². The smallest absolute Gasteiger partial charge is 0.227 e. The minimum absolute atomic E-state index is 0.00766. The van der Waals surface area contributed by atoms with E-state index in [1.807, 2.05) is 78.7 Å². The van der Waals surface area contributed by atoms with Gasteiger partial charge < -0.3 is 15.2 Å². The lowest BCUT2D eigenvalue weighted by molar-refractivity contribution is -0.135. The molecule has 1 fully saturated rings. The number of hydrogen-bond acceptors (Lipinski definition) is 3. The van der Waals surface area contributed by atoms with E-state index in [-0.39, 0.29) is 23.8 Å². The summed E-state index contributed by atoms with van der Waals surface area (Å²) >= 11 is 0. The van der Waals surface area contributed by atoms with Gasteiger partial charge >= 0.3 is 0 Å². The number of carbonyl (C=O) groups excluding carboxylic acids is 2. The summed E-state index contributed by atoms with van der Waals surface area (Å²) < 4.78 is 0. The van der Waals surface area contributed by atoms with Crippen molar-refractivity contribution < 1.29 is 9.59 Å². The summed E-state index contributed by atoms with van der Waals surface area (Å²) in [4.78, 5) is 35.5. The van der Waals surface area contributed by atoms with Gasteiger partial charge in [-0.05, 0) is 30.4 Å². The molecular formula is C26H30N4O2. The zero-order chi connectivity index (χ0) is 22.3. The number of aromatic nitrogens is 2. The summed E-state index contributed by atoms with van der Waals surface area (Å²) in [5.74, 6) is 0.639. The van der Waals surface area contributed by atoms with Crippen molar-refractivity contribution in [2.24, 2.45) is 5.92 Å². The van der Waals surface area contributed by atoms with Crippen LogP contribution in [0.15, 0.2) is 66.9 Å². The van der Waals surface area contributed by atoms with Crippen molar-refractivity contribution in [2.75, 3.05) is 13.1 Å². The topological polar surface area (TPSA) is 78.1 Å². The highest BCUT2D eigenvalue weighted by molar-refractivity contribution is 5.82. The molecule has 2 unspecified atom stereocenters. The molecule has 4 rings (SSSR count). The van der Waals surface area contributed by atoms with E-state index in [1.54, 1.807) is 0 Å². The van der Waals surface area contributed by atoms with Crippen molar-refractivity contribution in [3.05, 3.63) is 78.2 Å². The number of amides is 2. The highest BCUT2D eigenvalue weighted by Gasteiger charge is 2.30. The second-order valence-corrected chi connectivity index (χ2v) is 8.36. The monoisotopic (exact) mass is 430 g/mol. The summed E-state index contributed by atoms with van der Waals surface area (Å²) in [6, 6.07) is 19.6. The van der Waals surface area contributed by atoms with E-state index >= 15 is 0 Å². The minimum Gasteiger partial charge on any atom is -0.346 e. The van der Waals surface area contributed by atoms with Crippen LogP contribution in [-0.4, -0.2) is 39.8 Å². The molecule has 3 aromatic rings. The Kier molecular flexibility index (Phi) is 7.00. The lowest BCUT2D eigenvalue weighted by Gasteiger charge is -2.33. The van der Waals surface area contributed by atoms with E-state index in [4.69, 9.17) is 0 Å². The molecular weight excluding hydrogens is 400 g/mol. The molecule has 32 heavy (non-hydrogen) atoms. The lowest BCUT2D eigenvalue weighted by Crippen LogP contribution is -2.46. The Morgan fingerprint density at radius 1 is 1.12 bits per heavy atom. The number of nitrogens with zero attached hydrogens (tertiary/aromatic N) is 2. The van der Waals surface area contributed by atoms with Gasteiger partial charge in [0.25, 0.3) is 0 Å². The highest BCUT2D eigenvalue weighted by atomic mass is 16.2. The molecule has 6 heteroatoms. The molecule has 2 amide bonds. The van der Waals surface area contributed by atoms with Gasteiger partial charge in [0.15, 0.2) is 0 Å². The number of piperidine rings is 1. The van der Waals surface area contributed by atoms with E-state index < -0.39 is 0 Å². The van der Waals surface area contributed by atoms with Crippen molar-refractivity contribution >= 4 is 11.8 Å². The van der Waals surface area contributed by atoms with Crippen molar-refractivity contribution in [3.63, 3.8) is 0 Å². The lowest BCUT2D eigenvalue weighted by atomic mass is 9.96. The fourth-order valence-corrected chi connectivity index (χ4v) is 4.23. The van der Waals surface area contributed by atoms with Crippen LogP contribution in [0.3, 0.4) is 0 Å². The summed E-state index contributed by atoms with van der Waals surface area (Å²) in [5, 5.41) is 3.16. The molecule has 2 N–H and O–H groups in total. The van der Waals surface area contributed by atoms with Crippen LogP contribution in [0.25, 0.3) is 11.3 Å². The normalized spacial score (nSPS) is 17.0. The highest BCUT2D eigenvalue weighted by Crippen LogP contribution is 2.23. The first-order valence-corrected chi connectivity index (χ1v) is 11.4. The quantitative estimate of drug-likeness (QED) is 0.592. The SMILES string of the molecule is CCC(NC(=O)C1CCCN(C(=O)Cc2ccccc2)C1)c1ncc(-c2ccccc2)[nH]1. The van der Waals surface area contributed by atoms with Crippen LogP contribution in [0.5, 0.6) is 0 Å². The Bertz CT molecular complexity index is 1030. The molecule has 1 aliphatic rings. The molecule has 2 heterocycles. The molecule has 0 bridgehead atoms. The molecule has 6 nitrogen and oxygen atoms in total. The first kappa shape index (κ1) is 21.8. The van der Waals surface area contributed by atoms with Crippen LogP contribution < -0.4 is 5.32 Å². The second-order valence-electron chi connectivity index (χ2n) is 8.36. The number of imidazole rings is 1. The standard InChI is InChI=1S/C26H30N4O2/c1-2-22(25-27-17-23(28-25)20-12-7-4-8-13-20)29-26(32)21-14-9-15-30(18-21)24(31)16-19-10-5-3-6-11-19/h3-8,10-13,17,21-22H,2,9,14-16,18H2,1H3,(H,27,28)(H,29,32). The third kappa shape index (κ3) is 5.25. The van der Waals surface area contributed by atoms with Crippen LogP contribution >= 0.6 is 0 Å². The molecule has 0 saturated carbocycles. The fourth-order valence-electron chi connectivity index (χ4n) is 4.23. The van der Waals surface area contributed by atoms with Gasteiger partial charge in [-0.3, -0.25) is 9.59 Å². The predicted molar refractivity (Wildman–Crippen MR) is 125 cm³/mol. The maximum absolute atomic E-state index is 13.1. The third-order valence-corrected chi connectivity index (χ3v) is 6.08. The van der Waals surface area contributed by atoms with Gasteiger partial charge in [0, 0.05) is 13.1 Å². The molecule has 0 radical (unpaired) electrons. The maximum Gasteiger partial charge on any atom is 0.227 e. The summed E-state index contributed by atoms with van der Waals surface area (Å²) in [6.07, 6.45) is 4.56.